The molecule has 2 rings (SSSR count). The molecule has 0 aromatic heterocycles. The van der Waals surface area contributed by atoms with Crippen LogP contribution in [0.25, 0.3) is 0 Å². The first kappa shape index (κ1) is 18.9. The lowest BCUT2D eigenvalue weighted by molar-refractivity contribution is -0.131. The molecule has 0 N–H and O–H groups in total. The molecule has 0 aliphatic heterocycles. The number of rotatable bonds is 8. The van der Waals surface area contributed by atoms with Crippen LogP contribution in [0.3, 0.4) is 0 Å². The fourth-order valence-electron chi connectivity index (χ4n) is 2.33. The number of ether oxygens (including phenoxy) is 1. The van der Waals surface area contributed by atoms with Gasteiger partial charge in [0.25, 0.3) is 0 Å². The van der Waals surface area contributed by atoms with Gasteiger partial charge in [0.1, 0.15) is 12.4 Å². The number of hydrogen-bond donors (Lipinski definition) is 0. The molecule has 0 atom stereocenters. The second-order valence-electron chi connectivity index (χ2n) is 5.90. The molecule has 134 valence electrons. The Kier molecular flexibility index (Phi) is 6.89. The molecule has 0 unspecified atom stereocenters. The largest absolute Gasteiger partial charge is 0.489 e. The van der Waals surface area contributed by atoms with Gasteiger partial charge in [0.15, 0.2) is 11.6 Å². The van der Waals surface area contributed by atoms with Crippen molar-refractivity contribution < 1.29 is 18.3 Å². The Morgan fingerprint density at radius 2 is 1.84 bits per heavy atom. The van der Waals surface area contributed by atoms with Gasteiger partial charge in [0, 0.05) is 13.6 Å². The van der Waals surface area contributed by atoms with Crippen molar-refractivity contribution in [2.75, 3.05) is 33.8 Å². The molecule has 0 aliphatic carbocycles. The van der Waals surface area contributed by atoms with Crippen molar-refractivity contribution in [2.24, 2.45) is 0 Å². The number of para-hydroxylation sites is 1. The van der Waals surface area contributed by atoms with Crippen molar-refractivity contribution >= 4 is 5.91 Å². The van der Waals surface area contributed by atoms with Crippen LogP contribution in [-0.2, 0) is 11.3 Å². The first-order valence-corrected chi connectivity index (χ1v) is 8.00. The molecule has 4 nitrogen and oxygen atoms in total. The van der Waals surface area contributed by atoms with E-state index in [0.29, 0.717) is 13.1 Å². The van der Waals surface area contributed by atoms with Crippen molar-refractivity contribution in [1.29, 1.82) is 0 Å². The average molecular weight is 348 g/mol. The second-order valence-corrected chi connectivity index (χ2v) is 5.90. The van der Waals surface area contributed by atoms with Crippen molar-refractivity contribution in [3.05, 3.63) is 65.7 Å². The highest BCUT2D eigenvalue weighted by molar-refractivity contribution is 5.77. The SMILES string of the molecule is CN(CC(=O)N(C)CCOc1ccccc1F)Cc1cccc(F)c1. The van der Waals surface area contributed by atoms with Gasteiger partial charge in [-0.25, -0.2) is 8.78 Å². The van der Waals surface area contributed by atoms with Crippen molar-refractivity contribution in [2.45, 2.75) is 6.54 Å². The number of likely N-dealkylation sites (N-methyl/N-ethyl adjacent to an activating group) is 2. The number of hydrogen-bond acceptors (Lipinski definition) is 3. The summed E-state index contributed by atoms with van der Waals surface area (Å²) in [6, 6.07) is 12.4. The summed E-state index contributed by atoms with van der Waals surface area (Å²) in [5.74, 6) is -0.631. The summed E-state index contributed by atoms with van der Waals surface area (Å²) >= 11 is 0. The third-order valence-corrected chi connectivity index (χ3v) is 3.69. The van der Waals surface area contributed by atoms with Crippen molar-refractivity contribution in [3.8, 4) is 5.75 Å². The first-order valence-electron chi connectivity index (χ1n) is 8.00. The Balaban J connectivity index is 1.75. The second kappa shape index (κ2) is 9.13. The average Bonchev–Trinajstić information content (AvgIpc) is 2.56. The molecule has 0 fully saturated rings. The van der Waals surface area contributed by atoms with E-state index in [4.69, 9.17) is 4.74 Å². The van der Waals surface area contributed by atoms with E-state index in [0.717, 1.165) is 5.56 Å². The van der Waals surface area contributed by atoms with E-state index in [9.17, 15) is 13.6 Å². The van der Waals surface area contributed by atoms with Crippen LogP contribution in [0.2, 0.25) is 0 Å². The minimum Gasteiger partial charge on any atom is -0.489 e. The zero-order chi connectivity index (χ0) is 18.2. The van der Waals surface area contributed by atoms with Gasteiger partial charge in [0.2, 0.25) is 5.91 Å². The Morgan fingerprint density at radius 1 is 1.08 bits per heavy atom. The topological polar surface area (TPSA) is 32.8 Å². The molecule has 2 aromatic carbocycles. The van der Waals surface area contributed by atoms with Crippen LogP contribution in [0.1, 0.15) is 5.56 Å². The lowest BCUT2D eigenvalue weighted by Crippen LogP contribution is -2.38. The molecule has 25 heavy (non-hydrogen) atoms. The first-order chi connectivity index (χ1) is 12.0. The molecule has 0 spiro atoms. The lowest BCUT2D eigenvalue weighted by Gasteiger charge is -2.22. The van der Waals surface area contributed by atoms with Gasteiger partial charge in [-0.3, -0.25) is 9.69 Å². The highest BCUT2D eigenvalue weighted by Crippen LogP contribution is 2.15. The third-order valence-electron chi connectivity index (χ3n) is 3.69. The van der Waals surface area contributed by atoms with Crippen LogP contribution < -0.4 is 4.74 Å². The van der Waals surface area contributed by atoms with E-state index >= 15 is 0 Å². The maximum Gasteiger partial charge on any atom is 0.236 e. The number of halogens is 2. The van der Waals surface area contributed by atoms with Crippen molar-refractivity contribution in [1.82, 2.24) is 9.80 Å². The third kappa shape index (κ3) is 6.15. The fourth-order valence-corrected chi connectivity index (χ4v) is 2.33. The quantitative estimate of drug-likeness (QED) is 0.735. The van der Waals surface area contributed by atoms with Crippen LogP contribution in [-0.4, -0.2) is 49.5 Å². The smallest absolute Gasteiger partial charge is 0.236 e. The van der Waals surface area contributed by atoms with Crippen LogP contribution in [0.5, 0.6) is 5.75 Å². The molecule has 2 aromatic rings. The van der Waals surface area contributed by atoms with Crippen LogP contribution in [0, 0.1) is 11.6 Å². The van der Waals surface area contributed by atoms with E-state index in [1.165, 1.54) is 23.1 Å². The maximum atomic E-state index is 13.4. The number of carbonyl (C=O) groups is 1. The van der Waals surface area contributed by atoms with Gasteiger partial charge in [-0.15, -0.1) is 0 Å². The summed E-state index contributed by atoms with van der Waals surface area (Å²) in [4.78, 5) is 15.5. The summed E-state index contributed by atoms with van der Waals surface area (Å²) in [6.45, 7) is 1.23. The zero-order valence-corrected chi connectivity index (χ0v) is 14.4. The summed E-state index contributed by atoms with van der Waals surface area (Å²) in [5, 5.41) is 0. The molecule has 0 heterocycles. The van der Waals surface area contributed by atoms with Gasteiger partial charge < -0.3 is 9.64 Å². The molecule has 0 aliphatic rings. The van der Waals surface area contributed by atoms with Gasteiger partial charge in [-0.1, -0.05) is 24.3 Å². The highest BCUT2D eigenvalue weighted by Gasteiger charge is 2.12. The predicted molar refractivity (Wildman–Crippen MR) is 92.3 cm³/mol. The van der Waals surface area contributed by atoms with E-state index < -0.39 is 5.82 Å². The zero-order valence-electron chi connectivity index (χ0n) is 14.4. The van der Waals surface area contributed by atoms with Gasteiger partial charge in [-0.2, -0.15) is 0 Å². The van der Waals surface area contributed by atoms with Crippen LogP contribution >= 0.6 is 0 Å². The molecule has 0 saturated heterocycles. The van der Waals surface area contributed by atoms with Crippen molar-refractivity contribution in [3.63, 3.8) is 0 Å². The van der Waals surface area contributed by atoms with Gasteiger partial charge in [0.05, 0.1) is 13.1 Å². The summed E-state index contributed by atoms with van der Waals surface area (Å²) in [5.41, 5.74) is 0.806. The normalized spacial score (nSPS) is 10.8. The summed E-state index contributed by atoms with van der Waals surface area (Å²) in [7, 11) is 3.47. The van der Waals surface area contributed by atoms with E-state index in [-0.39, 0.29) is 30.6 Å². The Labute approximate surface area is 146 Å². The minimum atomic E-state index is -0.425. The van der Waals surface area contributed by atoms with E-state index in [1.807, 2.05) is 11.0 Å². The monoisotopic (exact) mass is 348 g/mol. The summed E-state index contributed by atoms with van der Waals surface area (Å²) < 4.78 is 32.0. The minimum absolute atomic E-state index is 0.0870. The van der Waals surface area contributed by atoms with Gasteiger partial charge in [-0.05, 0) is 36.9 Å². The Hall–Kier alpha value is -2.47. The molecular weight excluding hydrogens is 326 g/mol. The fraction of sp³-hybridized carbons (Fsp3) is 0.316. The van der Waals surface area contributed by atoms with Crippen LogP contribution in [0.4, 0.5) is 8.78 Å². The predicted octanol–water partition coefficient (Wildman–Crippen LogP) is 2.93. The molecule has 0 radical (unpaired) electrons. The van der Waals surface area contributed by atoms with E-state index in [2.05, 4.69) is 0 Å². The number of carbonyl (C=O) groups excluding carboxylic acids is 1. The number of nitrogens with zero attached hydrogens (tertiary/aromatic N) is 2. The standard InChI is InChI=1S/C19H22F2N2O2/c1-22(13-15-6-5-7-16(20)12-15)14-19(24)23(2)10-11-25-18-9-4-3-8-17(18)21/h3-9,12H,10-11,13-14H2,1-2H3. The molecule has 0 bridgehead atoms. The molecule has 0 saturated carbocycles. The highest BCUT2D eigenvalue weighted by atomic mass is 19.1. The summed E-state index contributed by atoms with van der Waals surface area (Å²) in [6.07, 6.45) is 0. The molecular formula is C19H22F2N2O2. The maximum absolute atomic E-state index is 13.4. The van der Waals surface area contributed by atoms with Gasteiger partial charge >= 0.3 is 0 Å². The number of amides is 1. The molecule has 6 heteroatoms. The molecule has 1 amide bonds. The van der Waals surface area contributed by atoms with E-state index in [1.54, 1.807) is 38.4 Å². The van der Waals surface area contributed by atoms with Crippen LogP contribution in [0.15, 0.2) is 48.5 Å². The Morgan fingerprint density at radius 3 is 2.56 bits per heavy atom. The Bertz CT molecular complexity index is 709. The number of benzene rings is 2. The lowest BCUT2D eigenvalue weighted by atomic mass is 10.2.